The first-order valence-corrected chi connectivity index (χ1v) is 19.0. The maximum atomic E-state index is 13.6. The maximum Gasteiger partial charge on any atom is 0.410 e. The molecule has 1 heterocycles. The molecule has 6 rings (SSSR count). The normalized spacial score (nSPS) is 14.4. The van der Waals surface area contributed by atoms with Gasteiger partial charge in [0.15, 0.2) is 12.4 Å². The van der Waals surface area contributed by atoms with E-state index in [2.05, 4.69) is 0 Å². The molecule has 0 saturated carbocycles. The Labute approximate surface area is 341 Å². The number of hydrogen-bond donors (Lipinski definition) is 0. The fourth-order valence-corrected chi connectivity index (χ4v) is 5.80. The van der Waals surface area contributed by atoms with Gasteiger partial charge in [0, 0.05) is 0 Å². The van der Waals surface area contributed by atoms with Crippen molar-refractivity contribution in [3.63, 3.8) is 0 Å². The van der Waals surface area contributed by atoms with Gasteiger partial charge in [-0.1, -0.05) is 103 Å². The fourth-order valence-electron chi connectivity index (χ4n) is 5.80. The second kappa shape index (κ2) is 21.1. The van der Waals surface area contributed by atoms with Crippen LogP contribution in [0.15, 0.2) is 152 Å². The topological polar surface area (TPSA) is 153 Å². The van der Waals surface area contributed by atoms with E-state index in [4.69, 9.17) is 33.2 Å². The average molecular weight is 802 g/mol. The third-order valence-electron chi connectivity index (χ3n) is 9.12. The van der Waals surface area contributed by atoms with Crippen molar-refractivity contribution in [2.24, 2.45) is 0 Å². The number of nitrogens with zero attached hydrogens (tertiary/aromatic N) is 1. The molecule has 0 aromatic heterocycles. The van der Waals surface area contributed by atoms with Gasteiger partial charge in [0.25, 0.3) is 0 Å². The van der Waals surface area contributed by atoms with Gasteiger partial charge < -0.3 is 38.1 Å². The summed E-state index contributed by atoms with van der Waals surface area (Å²) in [4.78, 5) is 67.5. The number of amides is 1. The van der Waals surface area contributed by atoms with Crippen LogP contribution in [0.3, 0.4) is 0 Å². The molecule has 304 valence electrons. The Morgan fingerprint density at radius 1 is 0.525 bits per heavy atom. The maximum absolute atomic E-state index is 13.6. The Morgan fingerprint density at radius 2 is 0.932 bits per heavy atom. The van der Waals surface area contributed by atoms with Crippen LogP contribution in [0.4, 0.5) is 4.79 Å². The summed E-state index contributed by atoms with van der Waals surface area (Å²) in [6.07, 6.45) is -6.52. The van der Waals surface area contributed by atoms with Crippen molar-refractivity contribution in [1.29, 1.82) is 0 Å². The number of esters is 4. The van der Waals surface area contributed by atoms with Crippen LogP contribution in [0.1, 0.15) is 53.9 Å². The lowest BCUT2D eigenvalue weighted by molar-refractivity contribution is -0.267. The van der Waals surface area contributed by atoms with Crippen molar-refractivity contribution in [2.45, 2.75) is 44.2 Å². The predicted octanol–water partition coefficient (Wildman–Crippen LogP) is 6.92. The number of likely N-dealkylation sites (tertiary alicyclic amines) is 1. The van der Waals surface area contributed by atoms with E-state index in [1.54, 1.807) is 128 Å². The van der Waals surface area contributed by atoms with E-state index in [9.17, 15) is 24.0 Å². The van der Waals surface area contributed by atoms with Gasteiger partial charge in [0.2, 0.25) is 0 Å². The van der Waals surface area contributed by atoms with Crippen LogP contribution in [-0.2, 0) is 39.8 Å². The Kier molecular flexibility index (Phi) is 14.9. The van der Waals surface area contributed by atoms with E-state index in [0.717, 1.165) is 5.56 Å². The molecule has 1 aliphatic rings. The minimum Gasteiger partial charge on any atom is -0.459 e. The minimum atomic E-state index is -1.53. The highest BCUT2D eigenvalue weighted by atomic mass is 16.7. The highest BCUT2D eigenvalue weighted by molar-refractivity contribution is 5.91. The summed E-state index contributed by atoms with van der Waals surface area (Å²) < 4.78 is 41.5. The highest BCUT2D eigenvalue weighted by Crippen LogP contribution is 2.23. The molecule has 1 amide bonds. The zero-order chi connectivity index (χ0) is 41.4. The summed E-state index contributed by atoms with van der Waals surface area (Å²) >= 11 is 0. The zero-order valence-corrected chi connectivity index (χ0v) is 32.2. The molecule has 59 heavy (non-hydrogen) atoms. The van der Waals surface area contributed by atoms with E-state index in [1.807, 2.05) is 30.3 Å². The summed E-state index contributed by atoms with van der Waals surface area (Å²) in [7, 11) is 0. The Morgan fingerprint density at radius 3 is 1.41 bits per heavy atom. The quantitative estimate of drug-likeness (QED) is 0.0514. The summed E-state index contributed by atoms with van der Waals surface area (Å²) in [5.41, 5.74) is 1.79. The molecule has 5 aromatic carbocycles. The Balaban J connectivity index is 1.26. The third-order valence-corrected chi connectivity index (χ3v) is 9.12. The van der Waals surface area contributed by atoms with Crippen LogP contribution in [-0.4, -0.2) is 91.9 Å². The van der Waals surface area contributed by atoms with Crippen LogP contribution in [0.5, 0.6) is 0 Å². The monoisotopic (exact) mass is 801 g/mol. The van der Waals surface area contributed by atoms with Crippen molar-refractivity contribution >= 4 is 30.0 Å². The summed E-state index contributed by atoms with van der Waals surface area (Å²) in [5.74, 6) is -2.84. The van der Waals surface area contributed by atoms with Crippen LogP contribution < -0.4 is 0 Å². The van der Waals surface area contributed by atoms with Crippen molar-refractivity contribution in [3.8, 4) is 0 Å². The molecule has 1 fully saturated rings. The second-order valence-corrected chi connectivity index (χ2v) is 13.5. The third kappa shape index (κ3) is 12.3. The molecule has 4 atom stereocenters. The predicted molar refractivity (Wildman–Crippen MR) is 212 cm³/mol. The smallest absolute Gasteiger partial charge is 0.410 e. The van der Waals surface area contributed by atoms with Crippen LogP contribution in [0.25, 0.3) is 0 Å². The molecule has 0 radical (unpaired) electrons. The number of benzene rings is 5. The lowest BCUT2D eigenvalue weighted by Crippen LogP contribution is -2.58. The Hall–Kier alpha value is -6.83. The van der Waals surface area contributed by atoms with E-state index < -0.39 is 73.9 Å². The molecule has 13 heteroatoms. The fraction of sp³-hybridized carbons (Fsp3) is 0.239. The molecule has 0 N–H and O–H groups in total. The molecule has 0 spiro atoms. The van der Waals surface area contributed by atoms with E-state index in [1.165, 1.54) is 4.90 Å². The largest absolute Gasteiger partial charge is 0.459 e. The first-order valence-electron chi connectivity index (χ1n) is 19.0. The van der Waals surface area contributed by atoms with Gasteiger partial charge in [0.1, 0.15) is 32.0 Å². The van der Waals surface area contributed by atoms with Crippen molar-refractivity contribution in [2.75, 3.05) is 26.3 Å². The van der Waals surface area contributed by atoms with Gasteiger partial charge in [-0.25, -0.2) is 24.0 Å². The SMILES string of the molecule is C[C@H](OC(=O)c1ccccc1)C(COC(=O)c1ccccc1)O[C@H](OC1CN(C(=O)OCc2ccccc2)C1)[C@@H](COC(=O)c1ccccc1)OC(=O)c1ccccc1. The molecule has 13 nitrogen and oxygen atoms in total. The first kappa shape index (κ1) is 41.8. The summed E-state index contributed by atoms with van der Waals surface area (Å²) in [5, 5.41) is 0. The van der Waals surface area contributed by atoms with Gasteiger partial charge >= 0.3 is 30.0 Å². The van der Waals surface area contributed by atoms with Gasteiger partial charge in [-0.2, -0.15) is 0 Å². The van der Waals surface area contributed by atoms with E-state index in [-0.39, 0.29) is 42.0 Å². The molecule has 1 aliphatic heterocycles. The molecule has 5 aromatic rings. The molecular formula is C46H43NO12. The van der Waals surface area contributed by atoms with E-state index in [0.29, 0.717) is 0 Å². The molecule has 0 aliphatic carbocycles. The molecule has 1 saturated heterocycles. The standard InChI is InChI=1S/C46H43NO12/c1-32(56-43(50)36-23-13-5-14-24-36)39(30-53-41(48)34-19-9-3-10-20-34)59-45(57-38-27-47(28-38)46(52)55-29-33-17-7-2-8-18-33)40(58-44(51)37-25-15-6-16-26-37)31-54-42(49)35-21-11-4-12-22-35/h2-26,32,38-40,45H,27-31H2,1H3/t32-,39?,40+,45-/m0/s1. The average Bonchev–Trinajstić information content (AvgIpc) is 3.27. The van der Waals surface area contributed by atoms with Gasteiger partial charge in [-0.05, 0) is 61.0 Å². The van der Waals surface area contributed by atoms with Crippen molar-refractivity contribution < 1.29 is 57.1 Å². The van der Waals surface area contributed by atoms with Gasteiger partial charge in [-0.15, -0.1) is 0 Å². The van der Waals surface area contributed by atoms with Crippen molar-refractivity contribution in [3.05, 3.63) is 179 Å². The summed E-state index contributed by atoms with van der Waals surface area (Å²) in [6.45, 7) is 0.781. The zero-order valence-electron chi connectivity index (χ0n) is 32.2. The second-order valence-electron chi connectivity index (χ2n) is 13.5. The van der Waals surface area contributed by atoms with Crippen LogP contribution in [0, 0.1) is 0 Å². The van der Waals surface area contributed by atoms with Gasteiger partial charge in [0.05, 0.1) is 41.4 Å². The molecular weight excluding hydrogens is 759 g/mol. The molecule has 0 bridgehead atoms. The number of rotatable bonds is 18. The lowest BCUT2D eigenvalue weighted by Gasteiger charge is -2.41. The van der Waals surface area contributed by atoms with Crippen LogP contribution in [0.2, 0.25) is 0 Å². The van der Waals surface area contributed by atoms with Crippen molar-refractivity contribution in [1.82, 2.24) is 4.90 Å². The first-order chi connectivity index (χ1) is 28.7. The van der Waals surface area contributed by atoms with E-state index >= 15 is 0 Å². The highest BCUT2D eigenvalue weighted by Gasteiger charge is 2.41. The lowest BCUT2D eigenvalue weighted by atomic mass is 10.1. The number of hydrogen-bond acceptors (Lipinski definition) is 12. The Bertz CT molecular complexity index is 2110. The molecule has 1 unspecified atom stereocenters. The number of carbonyl (C=O) groups excluding carboxylic acids is 5. The minimum absolute atomic E-state index is 0.0701. The summed E-state index contributed by atoms with van der Waals surface area (Å²) in [6, 6.07) is 42.1. The number of carbonyl (C=O) groups is 5. The van der Waals surface area contributed by atoms with Gasteiger partial charge in [-0.3, -0.25) is 0 Å². The number of ether oxygens (including phenoxy) is 7. The van der Waals surface area contributed by atoms with Crippen LogP contribution >= 0.6 is 0 Å².